The van der Waals surface area contributed by atoms with E-state index in [-0.39, 0.29) is 0 Å². The van der Waals surface area contributed by atoms with Crippen LogP contribution in [-0.4, -0.2) is 11.9 Å². The van der Waals surface area contributed by atoms with E-state index in [1.54, 1.807) is 0 Å². The van der Waals surface area contributed by atoms with Crippen LogP contribution in [0.2, 0.25) is 0 Å². The molecular weight excluding hydrogens is 120 g/mol. The van der Waals surface area contributed by atoms with Crippen molar-refractivity contribution in [1.82, 2.24) is 0 Å². The highest BCUT2D eigenvalue weighted by molar-refractivity contribution is 5.81. The molecule has 0 rings (SSSR count). The van der Waals surface area contributed by atoms with Gasteiger partial charge in [0.05, 0.1) is 6.04 Å². The van der Waals surface area contributed by atoms with E-state index < -0.39 is 11.9 Å². The summed E-state index contributed by atoms with van der Waals surface area (Å²) in [6.07, 6.45) is 1.33. The molecule has 0 saturated carbocycles. The van der Waals surface area contributed by atoms with E-state index in [1.165, 1.54) is 0 Å². The first-order chi connectivity index (χ1) is 4.22. The topological polar surface area (TPSA) is 72.5 Å². The van der Waals surface area contributed by atoms with Crippen molar-refractivity contribution in [3.05, 3.63) is 4.91 Å². The Hall–Kier alpha value is -0.770. The maximum absolute atomic E-state index is 10.3. The predicted octanol–water partition coefficient (Wildman–Crippen LogP) is 0.407. The first kappa shape index (κ1) is 8.23. The molecule has 0 aromatic rings. The molecule has 0 radical (unpaired) electrons. The van der Waals surface area contributed by atoms with E-state index in [0.717, 1.165) is 6.42 Å². The van der Waals surface area contributed by atoms with Crippen LogP contribution in [-0.2, 0) is 4.79 Å². The number of hydrogen-bond donors (Lipinski definition) is 1. The summed E-state index contributed by atoms with van der Waals surface area (Å²) < 4.78 is 0. The van der Waals surface area contributed by atoms with Gasteiger partial charge in [0.25, 0.3) is 0 Å². The third-order valence-electron chi connectivity index (χ3n) is 1.01. The molecule has 2 N–H and O–H groups in total. The van der Waals surface area contributed by atoms with E-state index in [0.29, 0.717) is 6.42 Å². The van der Waals surface area contributed by atoms with Crippen molar-refractivity contribution in [3.8, 4) is 0 Å². The molecule has 0 aromatic carbocycles. The van der Waals surface area contributed by atoms with Gasteiger partial charge in [-0.05, 0) is 6.42 Å². The zero-order valence-corrected chi connectivity index (χ0v) is 5.33. The lowest BCUT2D eigenvalue weighted by molar-refractivity contribution is -0.119. The molecule has 0 fully saturated rings. The van der Waals surface area contributed by atoms with Crippen molar-refractivity contribution >= 4 is 5.91 Å². The number of nitrogens with two attached hydrogens (primary N) is 1. The maximum Gasteiger partial charge on any atom is 0.302 e. The molecule has 1 unspecified atom stereocenters. The normalized spacial score (nSPS) is 12.7. The zero-order valence-electron chi connectivity index (χ0n) is 5.33. The first-order valence-electron chi connectivity index (χ1n) is 2.85. The Labute approximate surface area is 53.4 Å². The average molecular weight is 130 g/mol. The maximum atomic E-state index is 10.3. The highest BCUT2D eigenvalue weighted by atomic mass is 16.3. The second-order valence-electron chi connectivity index (χ2n) is 1.82. The number of hydrogen-bond acceptors (Lipinski definition) is 3. The lowest BCUT2D eigenvalue weighted by atomic mass is 10.2. The number of amides is 1. The van der Waals surface area contributed by atoms with Crippen LogP contribution < -0.4 is 5.73 Å². The van der Waals surface area contributed by atoms with E-state index in [4.69, 9.17) is 5.73 Å². The molecule has 0 aromatic heterocycles. The lowest BCUT2D eigenvalue weighted by Gasteiger charge is -1.99. The Morgan fingerprint density at radius 2 is 2.33 bits per heavy atom. The van der Waals surface area contributed by atoms with Gasteiger partial charge in [-0.2, -0.15) is 0 Å². The molecule has 0 bridgehead atoms. The average Bonchev–Trinajstić information content (AvgIpc) is 1.87. The van der Waals surface area contributed by atoms with Gasteiger partial charge in [-0.3, -0.25) is 4.79 Å². The minimum Gasteiger partial charge on any atom is -0.320 e. The Kier molecular flexibility index (Phi) is 3.79. The molecule has 4 heteroatoms. The molecule has 0 spiro atoms. The summed E-state index contributed by atoms with van der Waals surface area (Å²) in [6, 6.07) is -0.688. The fourth-order valence-corrected chi connectivity index (χ4v) is 0.502. The Balaban J connectivity index is 3.58. The molecule has 0 aliphatic carbocycles. The van der Waals surface area contributed by atoms with Crippen molar-refractivity contribution in [2.45, 2.75) is 25.8 Å². The number of nitrogens with zero attached hydrogens (tertiary/aromatic N) is 1. The molecule has 1 amide bonds. The SMILES string of the molecule is CCCC(N)C(=O)N=O. The van der Waals surface area contributed by atoms with Crippen LogP contribution in [0.15, 0.2) is 5.18 Å². The van der Waals surface area contributed by atoms with Crippen LogP contribution in [0.25, 0.3) is 0 Å². The second kappa shape index (κ2) is 4.14. The summed E-state index contributed by atoms with van der Waals surface area (Å²) in [7, 11) is 0. The highest BCUT2D eigenvalue weighted by Crippen LogP contribution is 1.94. The summed E-state index contributed by atoms with van der Waals surface area (Å²) in [5, 5.41) is 2.19. The Morgan fingerprint density at radius 1 is 1.78 bits per heavy atom. The molecule has 0 aliphatic rings. The molecule has 0 saturated heterocycles. The van der Waals surface area contributed by atoms with Gasteiger partial charge in [0.2, 0.25) is 0 Å². The van der Waals surface area contributed by atoms with Crippen LogP contribution in [0, 0.1) is 4.91 Å². The van der Waals surface area contributed by atoms with Crippen molar-refractivity contribution in [2.24, 2.45) is 10.9 Å². The molecule has 0 heterocycles. The number of rotatable bonds is 3. The molecule has 4 nitrogen and oxygen atoms in total. The molecule has 1 atom stereocenters. The molecule has 52 valence electrons. The van der Waals surface area contributed by atoms with Gasteiger partial charge < -0.3 is 5.73 Å². The van der Waals surface area contributed by atoms with Crippen LogP contribution in [0.5, 0.6) is 0 Å². The van der Waals surface area contributed by atoms with E-state index in [9.17, 15) is 9.70 Å². The van der Waals surface area contributed by atoms with Crippen LogP contribution >= 0.6 is 0 Å². The van der Waals surface area contributed by atoms with E-state index in [1.807, 2.05) is 6.92 Å². The summed E-state index contributed by atoms with van der Waals surface area (Å²) >= 11 is 0. The summed E-state index contributed by atoms with van der Waals surface area (Å²) in [5.74, 6) is -0.753. The smallest absolute Gasteiger partial charge is 0.302 e. The standard InChI is InChI=1S/C5H10N2O2/c1-2-3-4(6)5(8)7-9/h4H,2-3,6H2,1H3. The Bertz CT molecular complexity index is 114. The monoisotopic (exact) mass is 130 g/mol. The van der Waals surface area contributed by atoms with Crippen molar-refractivity contribution in [3.63, 3.8) is 0 Å². The van der Waals surface area contributed by atoms with E-state index in [2.05, 4.69) is 5.18 Å². The van der Waals surface area contributed by atoms with Crippen LogP contribution in [0.1, 0.15) is 19.8 Å². The zero-order chi connectivity index (χ0) is 7.28. The minimum absolute atomic E-state index is 0.532. The van der Waals surface area contributed by atoms with E-state index >= 15 is 0 Å². The summed E-state index contributed by atoms with van der Waals surface area (Å²) in [4.78, 5) is 19.8. The van der Waals surface area contributed by atoms with Crippen LogP contribution in [0.3, 0.4) is 0 Å². The molecule has 9 heavy (non-hydrogen) atoms. The fraction of sp³-hybridized carbons (Fsp3) is 0.800. The van der Waals surface area contributed by atoms with Gasteiger partial charge in [-0.15, -0.1) is 4.91 Å². The summed E-state index contributed by atoms with van der Waals surface area (Å²) in [6.45, 7) is 1.89. The highest BCUT2D eigenvalue weighted by Gasteiger charge is 2.11. The van der Waals surface area contributed by atoms with Gasteiger partial charge in [0.1, 0.15) is 0 Å². The third kappa shape index (κ3) is 2.92. The third-order valence-corrected chi connectivity index (χ3v) is 1.01. The number of carbonyl (C=O) groups is 1. The summed E-state index contributed by atoms with van der Waals surface area (Å²) in [5.41, 5.74) is 5.19. The van der Waals surface area contributed by atoms with Crippen molar-refractivity contribution in [2.75, 3.05) is 0 Å². The van der Waals surface area contributed by atoms with Gasteiger partial charge >= 0.3 is 5.91 Å². The number of nitroso groups, excluding NO2 is 1. The number of carbonyl (C=O) groups excluding carboxylic acids is 1. The van der Waals surface area contributed by atoms with Gasteiger partial charge in [-0.25, -0.2) is 0 Å². The van der Waals surface area contributed by atoms with Gasteiger partial charge in [0.15, 0.2) is 0 Å². The van der Waals surface area contributed by atoms with Gasteiger partial charge in [0, 0.05) is 5.18 Å². The van der Waals surface area contributed by atoms with Crippen molar-refractivity contribution in [1.29, 1.82) is 0 Å². The molecule has 0 aliphatic heterocycles. The first-order valence-corrected chi connectivity index (χ1v) is 2.85. The molecular formula is C5H10N2O2. The predicted molar refractivity (Wildman–Crippen MR) is 33.7 cm³/mol. The largest absolute Gasteiger partial charge is 0.320 e. The van der Waals surface area contributed by atoms with Gasteiger partial charge in [-0.1, -0.05) is 13.3 Å². The fourth-order valence-electron chi connectivity index (χ4n) is 0.502. The van der Waals surface area contributed by atoms with Crippen LogP contribution in [0.4, 0.5) is 0 Å². The quantitative estimate of drug-likeness (QED) is 0.562. The van der Waals surface area contributed by atoms with Crippen molar-refractivity contribution < 1.29 is 4.79 Å². The minimum atomic E-state index is -0.753. The second-order valence-corrected chi connectivity index (χ2v) is 1.82. The Morgan fingerprint density at radius 3 is 2.67 bits per heavy atom. The lowest BCUT2D eigenvalue weighted by Crippen LogP contribution is -2.28.